The van der Waals surface area contributed by atoms with E-state index < -0.39 is 0 Å². The maximum absolute atomic E-state index is 12.3. The minimum Gasteiger partial charge on any atom is -0.360 e. The van der Waals surface area contributed by atoms with Crippen LogP contribution < -0.4 is 5.32 Å². The van der Waals surface area contributed by atoms with Gasteiger partial charge in [0.05, 0.1) is 5.25 Å². The molecule has 0 radical (unpaired) electrons. The number of carbonyl (C=O) groups is 1. The minimum atomic E-state index is -0.277. The first kappa shape index (κ1) is 14.7. The van der Waals surface area contributed by atoms with Crippen molar-refractivity contribution >= 4 is 23.5 Å². The molecule has 2 aromatic rings. The van der Waals surface area contributed by atoms with Gasteiger partial charge in [-0.3, -0.25) is 4.79 Å². The molecule has 0 aliphatic heterocycles. The van der Waals surface area contributed by atoms with Gasteiger partial charge in [0, 0.05) is 18.0 Å². The summed E-state index contributed by atoms with van der Waals surface area (Å²) in [7, 11) is 0. The highest BCUT2D eigenvalue weighted by molar-refractivity contribution is 8.00. The van der Waals surface area contributed by atoms with Crippen molar-refractivity contribution in [3.8, 4) is 0 Å². The molecular formula is C15H19N5O2S. The summed E-state index contributed by atoms with van der Waals surface area (Å²) < 4.78 is 7.22. The number of thioether (sulfide) groups is 1. The fourth-order valence-electron chi connectivity index (χ4n) is 2.53. The number of anilines is 1. The van der Waals surface area contributed by atoms with E-state index in [1.165, 1.54) is 37.4 Å². The molecule has 0 saturated heterocycles. The molecule has 0 bridgehead atoms. The molecule has 1 atom stereocenters. The summed E-state index contributed by atoms with van der Waals surface area (Å²) in [6.45, 7) is 3.66. The average molecular weight is 333 g/mol. The monoisotopic (exact) mass is 333 g/mol. The lowest BCUT2D eigenvalue weighted by Crippen LogP contribution is -2.23. The standard InChI is InChI=1S/C15H19N5O2S/c1-8-7-12(19-22-8)16-14(21)9(2)23-15-18-17-13(10-3-4-10)20(15)11-5-6-11/h7,9-11H,3-6H2,1-2H3,(H,16,19,21)/t9-/m0/s1. The van der Waals surface area contributed by atoms with Gasteiger partial charge in [-0.25, -0.2) is 0 Å². The Labute approximate surface area is 138 Å². The van der Waals surface area contributed by atoms with Crippen LogP contribution >= 0.6 is 11.8 Å². The van der Waals surface area contributed by atoms with Gasteiger partial charge in [0.15, 0.2) is 11.0 Å². The number of hydrogen-bond donors (Lipinski definition) is 1. The second-order valence-electron chi connectivity index (χ2n) is 6.29. The molecule has 1 N–H and O–H groups in total. The van der Waals surface area contributed by atoms with E-state index in [9.17, 15) is 4.79 Å². The molecule has 7 nitrogen and oxygen atoms in total. The summed E-state index contributed by atoms with van der Waals surface area (Å²) in [6.07, 6.45) is 4.78. The van der Waals surface area contributed by atoms with Crippen molar-refractivity contribution in [3.05, 3.63) is 17.7 Å². The molecule has 0 unspecified atom stereocenters. The molecular weight excluding hydrogens is 314 g/mol. The van der Waals surface area contributed by atoms with Crippen LogP contribution in [-0.4, -0.2) is 31.1 Å². The second-order valence-corrected chi connectivity index (χ2v) is 7.60. The van der Waals surface area contributed by atoms with Crippen LogP contribution in [0.25, 0.3) is 0 Å². The van der Waals surface area contributed by atoms with E-state index in [1.54, 1.807) is 13.0 Å². The van der Waals surface area contributed by atoms with Crippen molar-refractivity contribution in [1.82, 2.24) is 19.9 Å². The number of nitrogens with one attached hydrogen (secondary N) is 1. The first-order valence-corrected chi connectivity index (χ1v) is 8.85. The molecule has 2 aliphatic carbocycles. The van der Waals surface area contributed by atoms with Crippen molar-refractivity contribution in [1.29, 1.82) is 0 Å². The maximum Gasteiger partial charge on any atom is 0.238 e. The number of rotatable bonds is 6. The molecule has 2 fully saturated rings. The van der Waals surface area contributed by atoms with Gasteiger partial charge in [0.25, 0.3) is 0 Å². The Bertz CT molecular complexity index is 732. The molecule has 23 heavy (non-hydrogen) atoms. The van der Waals surface area contributed by atoms with E-state index in [4.69, 9.17) is 4.52 Å². The molecule has 0 spiro atoms. The summed E-state index contributed by atoms with van der Waals surface area (Å²) in [5.41, 5.74) is 0. The Morgan fingerprint density at radius 3 is 2.78 bits per heavy atom. The Kier molecular flexibility index (Phi) is 3.63. The van der Waals surface area contributed by atoms with Crippen LogP contribution in [0.15, 0.2) is 15.7 Å². The van der Waals surface area contributed by atoms with Gasteiger partial charge in [-0.2, -0.15) is 0 Å². The smallest absolute Gasteiger partial charge is 0.238 e. The van der Waals surface area contributed by atoms with Gasteiger partial charge < -0.3 is 14.4 Å². The maximum atomic E-state index is 12.3. The summed E-state index contributed by atoms with van der Waals surface area (Å²) in [4.78, 5) is 12.3. The van der Waals surface area contributed by atoms with Gasteiger partial charge in [-0.15, -0.1) is 10.2 Å². The summed E-state index contributed by atoms with van der Waals surface area (Å²) in [5.74, 6) is 2.68. The first-order chi connectivity index (χ1) is 11.1. The molecule has 2 aromatic heterocycles. The van der Waals surface area contributed by atoms with E-state index in [-0.39, 0.29) is 11.2 Å². The third kappa shape index (κ3) is 3.12. The molecule has 2 heterocycles. The Morgan fingerprint density at radius 1 is 1.39 bits per heavy atom. The van der Waals surface area contributed by atoms with Crippen LogP contribution in [0.3, 0.4) is 0 Å². The fourth-order valence-corrected chi connectivity index (χ4v) is 3.46. The zero-order valence-electron chi connectivity index (χ0n) is 13.2. The number of carbonyl (C=O) groups excluding carboxylic acids is 1. The third-order valence-corrected chi connectivity index (χ3v) is 5.13. The predicted molar refractivity (Wildman–Crippen MR) is 85.5 cm³/mol. The number of aromatic nitrogens is 4. The number of hydrogen-bond acceptors (Lipinski definition) is 6. The van der Waals surface area contributed by atoms with Crippen molar-refractivity contribution in [3.63, 3.8) is 0 Å². The second kappa shape index (κ2) is 5.67. The van der Waals surface area contributed by atoms with Crippen molar-refractivity contribution < 1.29 is 9.32 Å². The largest absolute Gasteiger partial charge is 0.360 e. The molecule has 1 amide bonds. The van der Waals surface area contributed by atoms with Crippen LogP contribution in [0, 0.1) is 6.92 Å². The lowest BCUT2D eigenvalue weighted by molar-refractivity contribution is -0.115. The van der Waals surface area contributed by atoms with Crippen LogP contribution in [0.5, 0.6) is 0 Å². The van der Waals surface area contributed by atoms with E-state index in [0.717, 1.165) is 11.0 Å². The molecule has 2 saturated carbocycles. The highest BCUT2D eigenvalue weighted by Gasteiger charge is 2.37. The minimum absolute atomic E-state index is 0.110. The van der Waals surface area contributed by atoms with Gasteiger partial charge in [-0.1, -0.05) is 16.9 Å². The van der Waals surface area contributed by atoms with Gasteiger partial charge in [0.1, 0.15) is 11.6 Å². The summed E-state index contributed by atoms with van der Waals surface area (Å²) in [6, 6.07) is 2.23. The average Bonchev–Trinajstić information content (AvgIpc) is 3.44. The molecule has 8 heteroatoms. The predicted octanol–water partition coefficient (Wildman–Crippen LogP) is 2.91. The first-order valence-electron chi connectivity index (χ1n) is 7.97. The van der Waals surface area contributed by atoms with Gasteiger partial charge >= 0.3 is 0 Å². The molecule has 0 aromatic carbocycles. The number of nitrogens with zero attached hydrogens (tertiary/aromatic N) is 4. The van der Waals surface area contributed by atoms with E-state index in [1.807, 2.05) is 6.92 Å². The van der Waals surface area contributed by atoms with E-state index >= 15 is 0 Å². The van der Waals surface area contributed by atoms with Crippen molar-refractivity contribution in [2.45, 2.75) is 61.9 Å². The van der Waals surface area contributed by atoms with Crippen molar-refractivity contribution in [2.75, 3.05) is 5.32 Å². The summed E-state index contributed by atoms with van der Waals surface area (Å²) in [5, 5.41) is 15.8. The highest BCUT2D eigenvalue weighted by atomic mass is 32.2. The number of amides is 1. The topological polar surface area (TPSA) is 85.8 Å². The Balaban J connectivity index is 1.45. The molecule has 2 aliphatic rings. The van der Waals surface area contributed by atoms with Crippen LogP contribution in [0.2, 0.25) is 0 Å². The van der Waals surface area contributed by atoms with E-state index in [2.05, 4.69) is 25.2 Å². The highest BCUT2D eigenvalue weighted by Crippen LogP contribution is 2.46. The van der Waals surface area contributed by atoms with Crippen LogP contribution in [0.4, 0.5) is 5.82 Å². The van der Waals surface area contributed by atoms with Gasteiger partial charge in [-0.05, 0) is 39.5 Å². The van der Waals surface area contributed by atoms with Crippen LogP contribution in [0.1, 0.15) is 56.2 Å². The fraction of sp³-hybridized carbons (Fsp3) is 0.600. The SMILES string of the molecule is Cc1cc(NC(=O)[C@H](C)Sc2nnc(C3CC3)n2C2CC2)no1. The van der Waals surface area contributed by atoms with Crippen LogP contribution in [-0.2, 0) is 4.79 Å². The quantitative estimate of drug-likeness (QED) is 0.818. The summed E-state index contributed by atoms with van der Waals surface area (Å²) >= 11 is 1.46. The number of aryl methyl sites for hydroxylation is 1. The van der Waals surface area contributed by atoms with Gasteiger partial charge in [0.2, 0.25) is 5.91 Å². The normalized spacial score (nSPS) is 18.9. The molecule has 4 rings (SSSR count). The van der Waals surface area contributed by atoms with Crippen molar-refractivity contribution in [2.24, 2.45) is 0 Å². The zero-order chi connectivity index (χ0) is 16.0. The Hall–Kier alpha value is -1.83. The molecule has 122 valence electrons. The third-order valence-electron chi connectivity index (χ3n) is 4.08. The lowest BCUT2D eigenvalue weighted by Gasteiger charge is -2.12. The zero-order valence-corrected chi connectivity index (χ0v) is 14.0. The van der Waals surface area contributed by atoms with E-state index in [0.29, 0.717) is 23.5 Å². The lowest BCUT2D eigenvalue weighted by atomic mass is 10.4. The Morgan fingerprint density at radius 2 is 2.17 bits per heavy atom.